The van der Waals surface area contributed by atoms with Crippen molar-refractivity contribution < 1.29 is 19.1 Å². The first-order chi connectivity index (χ1) is 27.6. The minimum absolute atomic E-state index is 0.00368. The third-order valence-corrected chi connectivity index (χ3v) is 11.2. The van der Waals surface area contributed by atoms with Crippen molar-refractivity contribution >= 4 is 56.2 Å². The predicted octanol–water partition coefficient (Wildman–Crippen LogP) is 7.90. The molecular weight excluding hydrogens is 729 g/mol. The zero-order valence-corrected chi connectivity index (χ0v) is 37.0. The zero-order valence-electron chi connectivity index (χ0n) is 37.0. The van der Waals surface area contributed by atoms with E-state index in [-0.39, 0.29) is 24.0 Å². The Morgan fingerprint density at radius 3 is 1.43 bits per heavy atom. The van der Waals surface area contributed by atoms with Crippen molar-refractivity contribution in [2.45, 2.75) is 93.3 Å². The van der Waals surface area contributed by atoms with E-state index in [1.165, 1.54) is 0 Å². The molecule has 0 radical (unpaired) electrons. The summed E-state index contributed by atoms with van der Waals surface area (Å²) in [6.07, 6.45) is 1.38. The van der Waals surface area contributed by atoms with Crippen LogP contribution in [0.3, 0.4) is 0 Å². The molecule has 0 saturated heterocycles. The van der Waals surface area contributed by atoms with Crippen LogP contribution in [0.5, 0.6) is 0 Å². The highest BCUT2D eigenvalue weighted by Gasteiger charge is 2.24. The van der Waals surface area contributed by atoms with E-state index in [4.69, 9.17) is 19.4 Å². The first kappa shape index (κ1) is 44.5. The Hall–Kier alpha value is -4.62. The number of nitrogens with one attached hydrogen (secondary N) is 4. The number of amides is 2. The van der Waals surface area contributed by atoms with Crippen LogP contribution < -0.4 is 10.6 Å². The molecule has 2 aliphatic rings. The molecule has 0 aliphatic carbocycles. The molecular formula is C46H66N8O4. The number of rotatable bonds is 18. The van der Waals surface area contributed by atoms with Crippen molar-refractivity contribution in [3.05, 3.63) is 69.3 Å². The van der Waals surface area contributed by atoms with Gasteiger partial charge in [-0.25, -0.2) is 9.97 Å². The molecule has 2 unspecified atom stereocenters. The molecule has 58 heavy (non-hydrogen) atoms. The number of aromatic nitrogens is 4. The normalized spacial score (nSPS) is 14.2. The van der Waals surface area contributed by atoms with Gasteiger partial charge in [0.2, 0.25) is 11.8 Å². The Kier molecular flexibility index (Phi) is 15.3. The van der Waals surface area contributed by atoms with Crippen LogP contribution in [0.2, 0.25) is 0 Å². The van der Waals surface area contributed by atoms with Gasteiger partial charge in [0.05, 0.1) is 35.0 Å². The van der Waals surface area contributed by atoms with Gasteiger partial charge in [0.25, 0.3) is 0 Å². The van der Waals surface area contributed by atoms with E-state index in [9.17, 15) is 9.59 Å². The summed E-state index contributed by atoms with van der Waals surface area (Å²) >= 11 is 0. The lowest BCUT2D eigenvalue weighted by Crippen LogP contribution is -2.31. The third kappa shape index (κ3) is 10.5. The molecule has 12 heteroatoms. The van der Waals surface area contributed by atoms with Crippen LogP contribution in [0.25, 0.3) is 44.4 Å². The lowest BCUT2D eigenvalue weighted by Gasteiger charge is -2.12. The van der Waals surface area contributed by atoms with Crippen LogP contribution in [0.4, 0.5) is 0 Å². The molecule has 314 valence electrons. The Labute approximate surface area is 344 Å². The molecule has 8 bridgehead atoms. The number of allylic oxidation sites excluding steroid dienone is 4. The van der Waals surface area contributed by atoms with Crippen LogP contribution in [0.1, 0.15) is 124 Å². The summed E-state index contributed by atoms with van der Waals surface area (Å²) < 4.78 is 12.4. The van der Waals surface area contributed by atoms with E-state index in [1.54, 1.807) is 0 Å². The number of carbonyl (C=O) groups excluding carboxylic acids is 2. The maximum absolute atomic E-state index is 13.1. The van der Waals surface area contributed by atoms with Crippen LogP contribution in [0, 0.1) is 13.8 Å². The first-order valence-electron chi connectivity index (χ1n) is 20.8. The van der Waals surface area contributed by atoms with Crippen LogP contribution >= 0.6 is 0 Å². The van der Waals surface area contributed by atoms with Gasteiger partial charge >= 0.3 is 0 Å². The molecule has 2 atom stereocenters. The summed E-state index contributed by atoms with van der Waals surface area (Å²) in [7, 11) is 7.98. The topological polar surface area (TPSA) is 140 Å². The second-order valence-corrected chi connectivity index (χ2v) is 16.0. The number of aromatic amines is 2. The highest BCUT2D eigenvalue weighted by molar-refractivity contribution is 5.97. The molecule has 12 nitrogen and oxygen atoms in total. The molecule has 2 amide bonds. The molecule has 2 aliphatic heterocycles. The van der Waals surface area contributed by atoms with Crippen LogP contribution in [-0.2, 0) is 19.1 Å². The molecule has 4 N–H and O–H groups in total. The number of likely N-dealkylation sites (N-methyl/N-ethyl adjacent to an activating group) is 2. The average Bonchev–Trinajstić information content (AvgIpc) is 3.82. The first-order valence-corrected chi connectivity index (χ1v) is 20.8. The van der Waals surface area contributed by atoms with Crippen molar-refractivity contribution in [1.29, 1.82) is 0 Å². The van der Waals surface area contributed by atoms with Gasteiger partial charge in [0.15, 0.2) is 0 Å². The smallest absolute Gasteiger partial charge is 0.220 e. The standard InChI is InChI=1S/C46H66N8O4/c1-13-57-31(7)45-29(5)37-23-35-27(3)33(15-17-43(55)47-19-21-53(9)10)39(49-35)26-40-34(16-18-44(56)48-20-22-54(11)12)28(4)36(50-40)24-41-46(32(8)58-14-2)30(6)38(52-41)25-42(45)51-37/h23-26,31-32,51-52H,13-22H2,1-12H3,(H,47,55)(H,48,56). The van der Waals surface area contributed by atoms with Crippen molar-refractivity contribution in [3.63, 3.8) is 0 Å². The van der Waals surface area contributed by atoms with E-state index < -0.39 is 0 Å². The van der Waals surface area contributed by atoms with Crippen LogP contribution in [-0.4, -0.2) is 109 Å². The summed E-state index contributed by atoms with van der Waals surface area (Å²) in [4.78, 5) is 48.3. The number of ether oxygens (including phenoxy) is 2. The summed E-state index contributed by atoms with van der Waals surface area (Å²) in [6, 6.07) is 8.46. The number of hydrogen-bond acceptors (Lipinski definition) is 8. The van der Waals surface area contributed by atoms with Gasteiger partial charge in [0, 0.05) is 85.4 Å². The summed E-state index contributed by atoms with van der Waals surface area (Å²) in [6.45, 7) is 20.6. The van der Waals surface area contributed by atoms with Crippen molar-refractivity contribution in [2.24, 2.45) is 0 Å². The Bertz CT molecular complexity index is 2210. The summed E-state index contributed by atoms with van der Waals surface area (Å²) in [5.74, 6) is 0.00823. The Balaban J connectivity index is 1.77. The highest BCUT2D eigenvalue weighted by atomic mass is 16.5. The number of fused-ring (bicyclic) bond motifs is 8. The lowest BCUT2D eigenvalue weighted by molar-refractivity contribution is -0.121. The van der Waals surface area contributed by atoms with E-state index in [0.29, 0.717) is 52.0 Å². The van der Waals surface area contributed by atoms with Gasteiger partial charge in [-0.15, -0.1) is 0 Å². The number of nitrogens with zero attached hydrogens (tertiary/aromatic N) is 4. The van der Waals surface area contributed by atoms with E-state index >= 15 is 0 Å². The van der Waals surface area contributed by atoms with Crippen molar-refractivity contribution in [3.8, 4) is 0 Å². The molecule has 0 aromatic carbocycles. The maximum atomic E-state index is 13.1. The predicted molar refractivity (Wildman–Crippen MR) is 237 cm³/mol. The zero-order chi connectivity index (χ0) is 42.3. The molecule has 3 aromatic rings. The van der Waals surface area contributed by atoms with Gasteiger partial charge < -0.3 is 39.9 Å². The molecule has 5 heterocycles. The maximum Gasteiger partial charge on any atom is 0.220 e. The van der Waals surface area contributed by atoms with Crippen LogP contribution in [0.15, 0.2) is 24.3 Å². The molecule has 5 rings (SSSR count). The molecule has 0 saturated carbocycles. The fourth-order valence-electron chi connectivity index (χ4n) is 7.98. The van der Waals surface area contributed by atoms with E-state index in [0.717, 1.165) is 102 Å². The van der Waals surface area contributed by atoms with Gasteiger partial charge in [-0.1, -0.05) is 0 Å². The number of carbonyl (C=O) groups is 2. The Morgan fingerprint density at radius 1 is 0.621 bits per heavy atom. The minimum atomic E-state index is -0.170. The Morgan fingerprint density at radius 2 is 1.02 bits per heavy atom. The van der Waals surface area contributed by atoms with E-state index in [2.05, 4.69) is 96.2 Å². The highest BCUT2D eigenvalue weighted by Crippen LogP contribution is 2.39. The van der Waals surface area contributed by atoms with E-state index in [1.807, 2.05) is 42.0 Å². The van der Waals surface area contributed by atoms with Gasteiger partial charge in [-0.2, -0.15) is 0 Å². The fraction of sp³-hybridized carbons (Fsp3) is 0.522. The number of hydrogen-bond donors (Lipinski definition) is 4. The average molecular weight is 795 g/mol. The molecule has 3 aromatic heterocycles. The lowest BCUT2D eigenvalue weighted by atomic mass is 9.98. The minimum Gasteiger partial charge on any atom is -0.374 e. The van der Waals surface area contributed by atoms with Gasteiger partial charge in [-0.05, 0) is 154 Å². The second kappa shape index (κ2) is 19.9. The quantitative estimate of drug-likeness (QED) is 0.102. The van der Waals surface area contributed by atoms with Gasteiger partial charge in [0.1, 0.15) is 0 Å². The van der Waals surface area contributed by atoms with Crippen molar-refractivity contribution in [1.82, 2.24) is 40.4 Å². The largest absolute Gasteiger partial charge is 0.374 e. The molecule has 0 spiro atoms. The van der Waals surface area contributed by atoms with Crippen molar-refractivity contribution in [2.75, 3.05) is 67.6 Å². The third-order valence-electron chi connectivity index (χ3n) is 11.2. The second-order valence-electron chi connectivity index (χ2n) is 16.0. The monoisotopic (exact) mass is 795 g/mol. The molecule has 0 fully saturated rings. The number of H-pyrrole nitrogens is 2. The fourth-order valence-corrected chi connectivity index (χ4v) is 7.98. The summed E-state index contributed by atoms with van der Waals surface area (Å²) in [5, 5.41) is 6.14. The van der Waals surface area contributed by atoms with Gasteiger partial charge in [-0.3, -0.25) is 9.59 Å². The number of aryl methyl sites for hydroxylation is 2. The summed E-state index contributed by atoms with van der Waals surface area (Å²) in [5.41, 5.74) is 15.4. The SMILES string of the molecule is CCOC(C)c1c(C)c2cc3[nH]c(cc4nc(cc5nc(cc1[nH]2)C(C)=C5CCC(=O)NCCN(C)C)C(CCC(=O)NCCN(C)C)=C4C)c(C)c3C(C)OCC.